The summed E-state index contributed by atoms with van der Waals surface area (Å²) in [5, 5.41) is 11.8. The zero-order valence-electron chi connectivity index (χ0n) is 10.8. The first kappa shape index (κ1) is 12.7. The second kappa shape index (κ2) is 5.02. The Kier molecular flexibility index (Phi) is 3.04. The molecule has 3 rings (SSSR count). The van der Waals surface area contributed by atoms with E-state index in [2.05, 4.69) is 15.3 Å². The number of fused-ring (bicyclic) bond motifs is 1. The summed E-state index contributed by atoms with van der Waals surface area (Å²) in [6, 6.07) is 10.4. The molecule has 2 heterocycles. The van der Waals surface area contributed by atoms with Crippen molar-refractivity contribution in [2.45, 2.75) is 6.54 Å². The summed E-state index contributed by atoms with van der Waals surface area (Å²) in [6.45, 7) is 0.404. The third kappa shape index (κ3) is 2.55. The van der Waals surface area contributed by atoms with Gasteiger partial charge in [0.25, 0.3) is 0 Å². The Morgan fingerprint density at radius 1 is 1.10 bits per heavy atom. The number of furan rings is 1. The number of benzene rings is 1. The molecule has 21 heavy (non-hydrogen) atoms. The molecule has 0 aliphatic rings. The molecular formula is C14H10N4O3. The monoisotopic (exact) mass is 282 g/mol. The van der Waals surface area contributed by atoms with Crippen LogP contribution in [0.25, 0.3) is 11.0 Å². The van der Waals surface area contributed by atoms with Crippen LogP contribution in [-0.4, -0.2) is 9.97 Å². The highest BCUT2D eigenvalue weighted by Crippen LogP contribution is 2.15. The molecule has 0 bridgehead atoms. The molecule has 7 heteroatoms. The minimum Gasteiger partial charge on any atom is -0.449 e. The van der Waals surface area contributed by atoms with E-state index in [1.54, 1.807) is 30.3 Å². The van der Waals surface area contributed by atoms with Crippen LogP contribution in [0.5, 0.6) is 0 Å². The lowest BCUT2D eigenvalue weighted by molar-refractivity contribution is 0.506. The van der Waals surface area contributed by atoms with Gasteiger partial charge in [0.15, 0.2) is 0 Å². The fourth-order valence-electron chi connectivity index (χ4n) is 1.95. The molecule has 0 radical (unpaired) electrons. The summed E-state index contributed by atoms with van der Waals surface area (Å²) in [4.78, 5) is 27.5. The molecule has 0 saturated carbocycles. The molecule has 0 saturated heterocycles. The average molecular weight is 282 g/mol. The number of aromatic amines is 2. The largest absolute Gasteiger partial charge is 0.449 e. The summed E-state index contributed by atoms with van der Waals surface area (Å²) in [5.41, 5.74) is 0.462. The van der Waals surface area contributed by atoms with Crippen LogP contribution in [0.1, 0.15) is 11.5 Å². The van der Waals surface area contributed by atoms with Crippen LogP contribution in [0.4, 0.5) is 5.69 Å². The van der Waals surface area contributed by atoms with E-state index in [4.69, 9.17) is 9.68 Å². The van der Waals surface area contributed by atoms with Crippen molar-refractivity contribution >= 4 is 16.7 Å². The fourth-order valence-corrected chi connectivity index (χ4v) is 1.95. The number of nitrogens with one attached hydrogen (secondary N) is 3. The number of anilines is 1. The first-order valence-electron chi connectivity index (χ1n) is 6.15. The van der Waals surface area contributed by atoms with E-state index in [1.807, 2.05) is 6.07 Å². The van der Waals surface area contributed by atoms with Crippen LogP contribution in [0.15, 0.2) is 44.3 Å². The van der Waals surface area contributed by atoms with Gasteiger partial charge in [0.05, 0.1) is 17.6 Å². The molecule has 0 fully saturated rings. The number of hydrogen-bond donors (Lipinski definition) is 3. The van der Waals surface area contributed by atoms with Gasteiger partial charge in [-0.05, 0) is 30.3 Å². The topological polar surface area (TPSA) is 115 Å². The number of aromatic nitrogens is 2. The van der Waals surface area contributed by atoms with Crippen LogP contribution in [-0.2, 0) is 6.54 Å². The lowest BCUT2D eigenvalue weighted by atomic mass is 10.2. The highest BCUT2D eigenvalue weighted by molar-refractivity contribution is 5.78. The van der Waals surface area contributed by atoms with Crippen molar-refractivity contribution in [2.24, 2.45) is 0 Å². The van der Waals surface area contributed by atoms with Crippen LogP contribution in [0.2, 0.25) is 0 Å². The van der Waals surface area contributed by atoms with Crippen LogP contribution in [0, 0.1) is 11.3 Å². The molecule has 0 atom stereocenters. The van der Waals surface area contributed by atoms with Gasteiger partial charge in [0, 0.05) is 5.69 Å². The fraction of sp³-hybridized carbons (Fsp3) is 0.0714. The van der Waals surface area contributed by atoms with Gasteiger partial charge in [-0.25, -0.2) is 0 Å². The van der Waals surface area contributed by atoms with Crippen LogP contribution in [0.3, 0.4) is 0 Å². The molecule has 0 spiro atoms. The first-order valence-corrected chi connectivity index (χ1v) is 6.15. The Bertz CT molecular complexity index is 958. The maximum absolute atomic E-state index is 11.3. The van der Waals surface area contributed by atoms with Gasteiger partial charge in [0.2, 0.25) is 5.76 Å². The van der Waals surface area contributed by atoms with Gasteiger partial charge >= 0.3 is 11.1 Å². The Hall–Kier alpha value is -3.27. The second-order valence-electron chi connectivity index (χ2n) is 4.40. The summed E-state index contributed by atoms with van der Waals surface area (Å²) in [7, 11) is 0. The molecule has 0 unspecified atom stereocenters. The number of nitrogens with zero attached hydrogens (tertiary/aromatic N) is 1. The molecule has 0 aliphatic carbocycles. The van der Waals surface area contributed by atoms with Gasteiger partial charge in [-0.2, -0.15) is 5.26 Å². The van der Waals surface area contributed by atoms with Gasteiger partial charge in [-0.3, -0.25) is 9.59 Å². The summed E-state index contributed by atoms with van der Waals surface area (Å²) in [6.07, 6.45) is 0. The van der Waals surface area contributed by atoms with Crippen molar-refractivity contribution in [3.8, 4) is 6.07 Å². The third-order valence-corrected chi connectivity index (χ3v) is 2.96. The molecule has 0 amide bonds. The molecule has 104 valence electrons. The van der Waals surface area contributed by atoms with Crippen LogP contribution < -0.4 is 16.4 Å². The van der Waals surface area contributed by atoms with E-state index in [1.165, 1.54) is 0 Å². The van der Waals surface area contributed by atoms with Crippen molar-refractivity contribution in [1.29, 1.82) is 5.26 Å². The molecule has 2 aromatic heterocycles. The molecule has 1 aromatic carbocycles. The lowest BCUT2D eigenvalue weighted by Crippen LogP contribution is -2.28. The van der Waals surface area contributed by atoms with Gasteiger partial charge in [-0.15, -0.1) is 0 Å². The second-order valence-corrected chi connectivity index (χ2v) is 4.40. The van der Waals surface area contributed by atoms with Gasteiger partial charge < -0.3 is 19.7 Å². The summed E-state index contributed by atoms with van der Waals surface area (Å²) in [5.74, 6) is 0.883. The summed E-state index contributed by atoms with van der Waals surface area (Å²) < 4.78 is 5.25. The van der Waals surface area contributed by atoms with Crippen LogP contribution >= 0.6 is 0 Å². The molecule has 0 aliphatic heterocycles. The highest BCUT2D eigenvalue weighted by Gasteiger charge is 2.03. The smallest absolute Gasteiger partial charge is 0.314 e. The molecule has 3 N–H and O–H groups in total. The van der Waals surface area contributed by atoms with Crippen molar-refractivity contribution in [3.05, 3.63) is 62.6 Å². The number of H-pyrrole nitrogens is 2. The van der Waals surface area contributed by atoms with Crippen molar-refractivity contribution in [2.75, 3.05) is 5.32 Å². The van der Waals surface area contributed by atoms with E-state index in [9.17, 15) is 9.59 Å². The van der Waals surface area contributed by atoms with Gasteiger partial charge in [-0.1, -0.05) is 0 Å². The Morgan fingerprint density at radius 2 is 1.86 bits per heavy atom. The van der Waals surface area contributed by atoms with E-state index in [0.717, 1.165) is 5.69 Å². The molecular weight excluding hydrogens is 272 g/mol. The standard InChI is InChI=1S/C14H10N4O3/c15-6-9-2-3-10(21-9)7-16-8-1-4-11-12(5-8)18-14(20)13(19)17-11/h1-5,16H,7H2,(H,17,19)(H,18,20). The van der Waals surface area contributed by atoms with E-state index in [-0.39, 0.29) is 5.76 Å². The predicted octanol–water partition coefficient (Wildman–Crippen LogP) is 1.29. The third-order valence-electron chi connectivity index (χ3n) is 2.96. The maximum Gasteiger partial charge on any atom is 0.314 e. The maximum atomic E-state index is 11.3. The SMILES string of the molecule is N#Cc1ccc(CNc2ccc3[nH]c(=O)c(=O)[nH]c3c2)o1. The minimum atomic E-state index is -0.690. The van der Waals surface area contributed by atoms with Crippen molar-refractivity contribution in [1.82, 2.24) is 9.97 Å². The average Bonchev–Trinajstić information content (AvgIpc) is 2.94. The van der Waals surface area contributed by atoms with Crippen molar-refractivity contribution in [3.63, 3.8) is 0 Å². The first-order chi connectivity index (χ1) is 10.2. The zero-order valence-corrected chi connectivity index (χ0v) is 10.8. The normalized spacial score (nSPS) is 10.4. The molecule has 7 nitrogen and oxygen atoms in total. The quantitative estimate of drug-likeness (QED) is 0.626. The zero-order chi connectivity index (χ0) is 14.8. The van der Waals surface area contributed by atoms with Crippen molar-refractivity contribution < 1.29 is 4.42 Å². The van der Waals surface area contributed by atoms with E-state index in [0.29, 0.717) is 23.3 Å². The minimum absolute atomic E-state index is 0.257. The number of rotatable bonds is 3. The molecule has 3 aromatic rings. The Balaban J connectivity index is 1.84. The summed E-state index contributed by atoms with van der Waals surface area (Å²) >= 11 is 0. The lowest BCUT2D eigenvalue weighted by Gasteiger charge is -2.05. The number of hydrogen-bond acceptors (Lipinski definition) is 5. The van der Waals surface area contributed by atoms with Gasteiger partial charge in [0.1, 0.15) is 11.8 Å². The predicted molar refractivity (Wildman–Crippen MR) is 75.9 cm³/mol. The Labute approximate surface area is 117 Å². The van der Waals surface area contributed by atoms with E-state index < -0.39 is 11.1 Å². The van der Waals surface area contributed by atoms with E-state index >= 15 is 0 Å². The number of nitriles is 1. The Morgan fingerprint density at radius 3 is 2.57 bits per heavy atom. The highest BCUT2D eigenvalue weighted by atomic mass is 16.3.